The van der Waals surface area contributed by atoms with Crippen molar-refractivity contribution in [2.75, 3.05) is 18.0 Å². The van der Waals surface area contributed by atoms with Crippen molar-refractivity contribution >= 4 is 60.2 Å². The maximum absolute atomic E-state index is 13.0. The van der Waals surface area contributed by atoms with E-state index in [0.29, 0.717) is 17.9 Å². The Morgan fingerprint density at radius 3 is 2.06 bits per heavy atom. The first-order chi connectivity index (χ1) is 23.7. The van der Waals surface area contributed by atoms with E-state index in [2.05, 4.69) is 84.0 Å². The van der Waals surface area contributed by atoms with Crippen LogP contribution < -0.4 is 14.3 Å². The molecular formula is C40H37F6N2O2Sb. The number of ether oxygens (including phenoxy) is 1. The molecule has 1 fully saturated rings. The van der Waals surface area contributed by atoms with Gasteiger partial charge in [-0.3, -0.25) is 0 Å². The summed E-state index contributed by atoms with van der Waals surface area (Å²) < 4.78 is 57.7. The Hall–Kier alpha value is -4.56. The Labute approximate surface area is 297 Å². The van der Waals surface area contributed by atoms with Gasteiger partial charge in [0.25, 0.3) is 0 Å². The Kier molecular flexibility index (Phi) is 11.1. The molecule has 0 aliphatic carbocycles. The fraction of sp³-hybridized carbons (Fsp3) is 0.200. The fourth-order valence-electron chi connectivity index (χ4n) is 6.58. The summed E-state index contributed by atoms with van der Waals surface area (Å²) in [6, 6.07) is 39.2. The van der Waals surface area contributed by atoms with Crippen LogP contribution in [0.2, 0.25) is 0 Å². The summed E-state index contributed by atoms with van der Waals surface area (Å²) in [6.45, 7) is 7.61. The molecule has 5 aromatic carbocycles. The molecule has 2 aliphatic rings. The van der Waals surface area contributed by atoms with E-state index in [1.54, 1.807) is 0 Å². The zero-order chi connectivity index (χ0) is 35.5. The van der Waals surface area contributed by atoms with Crippen molar-refractivity contribution < 1.29 is 32.9 Å². The van der Waals surface area contributed by atoms with Gasteiger partial charge in [-0.25, -0.2) is 4.79 Å². The summed E-state index contributed by atoms with van der Waals surface area (Å²) in [7, 11) is 0. The third-order valence-corrected chi connectivity index (χ3v) is 9.06. The van der Waals surface area contributed by atoms with Gasteiger partial charge in [-0.2, -0.15) is 4.58 Å². The first-order valence-corrected chi connectivity index (χ1v) is 21.2. The molecule has 0 atom stereocenters. The molecule has 51 heavy (non-hydrogen) atoms. The average molecular weight is 813 g/mol. The van der Waals surface area contributed by atoms with E-state index in [0.717, 1.165) is 29.4 Å². The van der Waals surface area contributed by atoms with E-state index >= 15 is 0 Å². The third-order valence-electron chi connectivity index (χ3n) is 9.06. The molecule has 0 amide bonds. The molecule has 1 saturated heterocycles. The van der Waals surface area contributed by atoms with Crippen LogP contribution in [0.3, 0.4) is 0 Å². The van der Waals surface area contributed by atoms with Crippen molar-refractivity contribution in [2.24, 2.45) is 0 Å². The van der Waals surface area contributed by atoms with Crippen LogP contribution in [0, 0.1) is 0 Å². The molecule has 266 valence electrons. The van der Waals surface area contributed by atoms with Gasteiger partial charge in [-0.05, 0) is 85.5 Å². The number of hydrogen-bond donors (Lipinski definition) is 0. The van der Waals surface area contributed by atoms with Crippen LogP contribution in [-0.2, 0) is 12.0 Å². The molecule has 11 heteroatoms. The van der Waals surface area contributed by atoms with Gasteiger partial charge in [-0.15, -0.1) is 0 Å². The summed E-state index contributed by atoms with van der Waals surface area (Å²) in [5, 5.41) is 2.16. The minimum absolute atomic E-state index is 0. The summed E-state index contributed by atoms with van der Waals surface area (Å²) >= 11 is -9.19. The van der Waals surface area contributed by atoms with Crippen LogP contribution in [0.1, 0.15) is 53.7 Å². The average Bonchev–Trinajstić information content (AvgIpc) is 3.69. The normalized spacial score (nSPS) is 15.8. The van der Waals surface area contributed by atoms with Gasteiger partial charge in [-0.1, -0.05) is 72.8 Å². The van der Waals surface area contributed by atoms with Crippen molar-refractivity contribution in [1.82, 2.24) is 0 Å². The van der Waals surface area contributed by atoms with Crippen LogP contribution >= 0.6 is 0 Å². The van der Waals surface area contributed by atoms with Crippen molar-refractivity contribution in [1.29, 1.82) is 0 Å². The molecule has 7 rings (SSSR count). The number of benzene rings is 5. The van der Waals surface area contributed by atoms with Gasteiger partial charge in [0.15, 0.2) is 12.3 Å². The summed E-state index contributed by atoms with van der Waals surface area (Å²) in [4.78, 5) is 15.4. The number of carbonyl (C=O) groups is 1. The predicted octanol–water partition coefficient (Wildman–Crippen LogP) is 7.67. The number of halogens is 6. The first kappa shape index (κ1) is 37.7. The third kappa shape index (κ3) is 9.61. The summed E-state index contributed by atoms with van der Waals surface area (Å²) in [6.07, 6.45) is 7.07. The Bertz CT molecular complexity index is 2070. The fourth-order valence-corrected chi connectivity index (χ4v) is 6.58. The maximum atomic E-state index is 13.0. The molecular weight excluding hydrogens is 776 g/mol. The number of para-hydroxylation sites is 1. The summed E-state index contributed by atoms with van der Waals surface area (Å²) in [5.74, 6) is 0.191. The topological polar surface area (TPSA) is 32.5 Å². The number of hydrogen-bond acceptors (Lipinski definition) is 3. The van der Waals surface area contributed by atoms with E-state index in [4.69, 9.17) is 4.74 Å². The second kappa shape index (κ2) is 15.0. The molecule has 0 radical (unpaired) electrons. The molecule has 0 bridgehead atoms. The molecule has 2 aliphatic heterocycles. The standard InChI is InChI=1S/C40H37N2O2.6FH.Sb/c1-40(2)36-11-5-6-12-37(36)42(38(40)24-17-29-15-21-34(22-16-29)41-25-7-8-26-41)28-30-13-18-32(19-14-30)39(43)44-35-23-20-31-9-3-4-10-33(31)27-35;;;;;;;/h3-6,9-24,27H,7-8,25-26,28H2,1-2H3;6*1H;/q+1;;;;;;;+5/p-6. The first-order valence-electron chi connectivity index (χ1n) is 16.4. The number of nitrogens with zero attached hydrogens (tertiary/aromatic N) is 2. The number of esters is 1. The number of anilines is 1. The Morgan fingerprint density at radius 1 is 0.784 bits per heavy atom. The minimum atomic E-state index is -9.19. The zero-order valence-electron chi connectivity index (χ0n) is 28.1. The van der Waals surface area contributed by atoms with Gasteiger partial charge >= 0.3 is 40.3 Å². The summed E-state index contributed by atoms with van der Waals surface area (Å²) in [5.41, 5.74) is 7.81. The molecule has 2 heterocycles. The molecule has 0 spiro atoms. The monoisotopic (exact) mass is 812 g/mol. The number of allylic oxidation sites excluding steroid dienone is 1. The SMILES string of the molecule is CC1(C)C(/C=C/c2ccc(N3CCCC3)cc2)=[N+](Cc2ccc(C(=O)Oc3ccc4ccccc4c3)cc2)c2ccccc21.[F-].[F][Sb]([F])([F])([F])[F]. The van der Waals surface area contributed by atoms with E-state index < -0.39 is 20.3 Å². The van der Waals surface area contributed by atoms with Crippen molar-refractivity contribution in [3.63, 3.8) is 0 Å². The van der Waals surface area contributed by atoms with Gasteiger partial charge in [0.2, 0.25) is 5.69 Å². The number of rotatable bonds is 7. The van der Waals surface area contributed by atoms with E-state index in [-0.39, 0.29) is 16.1 Å². The van der Waals surface area contributed by atoms with Crippen LogP contribution in [0.4, 0.5) is 25.4 Å². The second-order valence-electron chi connectivity index (χ2n) is 13.0. The van der Waals surface area contributed by atoms with Crippen molar-refractivity contribution in [2.45, 2.75) is 38.6 Å². The van der Waals surface area contributed by atoms with Crippen LogP contribution in [-0.4, -0.2) is 49.6 Å². The van der Waals surface area contributed by atoms with Gasteiger partial charge in [0.05, 0.1) is 11.0 Å². The van der Waals surface area contributed by atoms with Crippen LogP contribution in [0.15, 0.2) is 121 Å². The van der Waals surface area contributed by atoms with Gasteiger partial charge in [0.1, 0.15) is 5.75 Å². The molecule has 4 nitrogen and oxygen atoms in total. The predicted molar refractivity (Wildman–Crippen MR) is 192 cm³/mol. The molecule has 0 saturated carbocycles. The second-order valence-corrected chi connectivity index (χ2v) is 16.6. The molecule has 0 unspecified atom stereocenters. The van der Waals surface area contributed by atoms with Gasteiger partial charge in [0, 0.05) is 42.0 Å². The number of fused-ring (bicyclic) bond motifs is 2. The zero-order valence-corrected chi connectivity index (χ0v) is 30.6. The molecule has 0 N–H and O–H groups in total. The van der Waals surface area contributed by atoms with Crippen LogP contribution in [0.25, 0.3) is 16.8 Å². The molecule has 5 aromatic rings. The van der Waals surface area contributed by atoms with E-state index in [1.807, 2.05) is 66.7 Å². The Balaban J connectivity index is 0.000000665. The number of carbonyl (C=O) groups excluding carboxylic acids is 1. The quantitative estimate of drug-likeness (QED) is 0.0557. The van der Waals surface area contributed by atoms with E-state index in [1.165, 1.54) is 41.1 Å². The van der Waals surface area contributed by atoms with Crippen molar-refractivity contribution in [3.8, 4) is 5.75 Å². The Morgan fingerprint density at radius 2 is 1.39 bits per heavy atom. The van der Waals surface area contributed by atoms with Gasteiger partial charge < -0.3 is 14.3 Å². The van der Waals surface area contributed by atoms with Crippen molar-refractivity contribution in [3.05, 3.63) is 144 Å². The van der Waals surface area contributed by atoms with Crippen LogP contribution in [0.5, 0.6) is 5.75 Å². The molecule has 0 aromatic heterocycles. The van der Waals surface area contributed by atoms with E-state index in [9.17, 15) is 18.9 Å².